The molecule has 0 unspecified atom stereocenters. The summed E-state index contributed by atoms with van der Waals surface area (Å²) in [7, 11) is 0. The maximum Gasteiger partial charge on any atom is 0.287 e. The first-order valence-electron chi connectivity index (χ1n) is 9.22. The van der Waals surface area contributed by atoms with Crippen LogP contribution < -0.4 is 5.32 Å². The molecule has 2 aromatic carbocycles. The van der Waals surface area contributed by atoms with Gasteiger partial charge >= 0.3 is 0 Å². The van der Waals surface area contributed by atoms with Gasteiger partial charge in [-0.1, -0.05) is 48.5 Å². The van der Waals surface area contributed by atoms with E-state index in [-0.39, 0.29) is 17.7 Å². The maximum atomic E-state index is 12.7. The van der Waals surface area contributed by atoms with Gasteiger partial charge in [0.2, 0.25) is 0 Å². The van der Waals surface area contributed by atoms with Crippen molar-refractivity contribution in [2.24, 2.45) is 0 Å². The number of ketones is 1. The van der Waals surface area contributed by atoms with Gasteiger partial charge in [0.25, 0.3) is 5.91 Å². The SMILES string of the molecule is CC(=O)c1ccc(-c2ccc(C(=O)N[C@H]3CCCc4ccccc43)o2)cc1. The van der Waals surface area contributed by atoms with Crippen LogP contribution in [0.5, 0.6) is 0 Å². The van der Waals surface area contributed by atoms with Crippen LogP contribution in [0, 0.1) is 0 Å². The Labute approximate surface area is 158 Å². The highest BCUT2D eigenvalue weighted by Gasteiger charge is 2.23. The highest BCUT2D eigenvalue weighted by atomic mass is 16.3. The highest BCUT2D eigenvalue weighted by molar-refractivity contribution is 5.94. The predicted molar refractivity (Wildman–Crippen MR) is 104 cm³/mol. The van der Waals surface area contributed by atoms with Crippen molar-refractivity contribution < 1.29 is 14.0 Å². The fourth-order valence-corrected chi connectivity index (χ4v) is 3.62. The second-order valence-corrected chi connectivity index (χ2v) is 6.91. The summed E-state index contributed by atoms with van der Waals surface area (Å²) in [6.45, 7) is 1.54. The molecule has 1 aliphatic carbocycles. The largest absolute Gasteiger partial charge is 0.451 e. The molecule has 4 rings (SSSR count). The van der Waals surface area contributed by atoms with E-state index in [1.807, 2.05) is 24.3 Å². The van der Waals surface area contributed by atoms with Gasteiger partial charge in [-0.3, -0.25) is 9.59 Å². The molecule has 0 bridgehead atoms. The second kappa shape index (κ2) is 7.23. The van der Waals surface area contributed by atoms with Crippen molar-refractivity contribution in [1.82, 2.24) is 5.32 Å². The summed E-state index contributed by atoms with van der Waals surface area (Å²) >= 11 is 0. The second-order valence-electron chi connectivity index (χ2n) is 6.91. The monoisotopic (exact) mass is 359 g/mol. The highest BCUT2D eigenvalue weighted by Crippen LogP contribution is 2.30. The number of carbonyl (C=O) groups excluding carboxylic acids is 2. The molecule has 1 N–H and O–H groups in total. The molecular formula is C23H21NO3. The van der Waals surface area contributed by atoms with Gasteiger partial charge in [0.1, 0.15) is 5.76 Å². The van der Waals surface area contributed by atoms with E-state index < -0.39 is 0 Å². The molecule has 4 heteroatoms. The van der Waals surface area contributed by atoms with Gasteiger partial charge in [0.05, 0.1) is 6.04 Å². The lowest BCUT2D eigenvalue weighted by atomic mass is 9.88. The molecule has 1 aromatic heterocycles. The number of benzene rings is 2. The smallest absolute Gasteiger partial charge is 0.287 e. The molecule has 0 radical (unpaired) electrons. The Hall–Kier alpha value is -3.14. The molecule has 0 saturated carbocycles. The van der Waals surface area contributed by atoms with Gasteiger partial charge in [0, 0.05) is 11.1 Å². The first-order valence-corrected chi connectivity index (χ1v) is 9.22. The Morgan fingerprint density at radius 3 is 2.56 bits per heavy atom. The number of rotatable bonds is 4. The molecule has 0 saturated heterocycles. The van der Waals surface area contributed by atoms with Crippen molar-refractivity contribution in [1.29, 1.82) is 0 Å². The predicted octanol–water partition coefficient (Wildman–Crippen LogP) is 4.96. The fraction of sp³-hybridized carbons (Fsp3) is 0.217. The number of fused-ring (bicyclic) bond motifs is 1. The zero-order valence-corrected chi connectivity index (χ0v) is 15.2. The summed E-state index contributed by atoms with van der Waals surface area (Å²) in [4.78, 5) is 24.0. The molecule has 1 amide bonds. The van der Waals surface area contributed by atoms with Crippen LogP contribution in [0.15, 0.2) is 65.1 Å². The number of aryl methyl sites for hydroxylation is 1. The summed E-state index contributed by atoms with van der Waals surface area (Å²) in [5.41, 5.74) is 3.99. The molecule has 4 nitrogen and oxygen atoms in total. The lowest BCUT2D eigenvalue weighted by molar-refractivity contribution is 0.0905. The number of amides is 1. The Kier molecular flexibility index (Phi) is 4.63. The van der Waals surface area contributed by atoms with Gasteiger partial charge < -0.3 is 9.73 Å². The van der Waals surface area contributed by atoms with Crippen molar-refractivity contribution in [2.45, 2.75) is 32.2 Å². The third kappa shape index (κ3) is 3.56. The van der Waals surface area contributed by atoms with E-state index in [1.54, 1.807) is 24.3 Å². The van der Waals surface area contributed by atoms with Crippen LogP contribution in [0.3, 0.4) is 0 Å². The number of carbonyl (C=O) groups is 2. The van der Waals surface area contributed by atoms with Gasteiger partial charge in [-0.05, 0) is 49.4 Å². The van der Waals surface area contributed by atoms with Gasteiger partial charge in [-0.25, -0.2) is 0 Å². The summed E-state index contributed by atoms with van der Waals surface area (Å²) in [5.74, 6) is 0.722. The molecule has 0 aliphatic heterocycles. The Morgan fingerprint density at radius 1 is 1.00 bits per heavy atom. The molecule has 27 heavy (non-hydrogen) atoms. The van der Waals surface area contributed by atoms with Crippen molar-refractivity contribution in [3.8, 4) is 11.3 Å². The molecule has 0 fully saturated rings. The van der Waals surface area contributed by atoms with Gasteiger partial charge in [-0.15, -0.1) is 0 Å². The van der Waals surface area contributed by atoms with E-state index in [2.05, 4.69) is 17.4 Å². The first-order chi connectivity index (χ1) is 13.1. The maximum absolute atomic E-state index is 12.7. The number of hydrogen-bond donors (Lipinski definition) is 1. The summed E-state index contributed by atoms with van der Waals surface area (Å²) in [6.07, 6.45) is 3.06. The fourth-order valence-electron chi connectivity index (χ4n) is 3.62. The third-order valence-electron chi connectivity index (χ3n) is 5.08. The van der Waals surface area contributed by atoms with E-state index in [4.69, 9.17) is 4.42 Å². The zero-order chi connectivity index (χ0) is 18.8. The first kappa shape index (κ1) is 17.3. The van der Waals surface area contributed by atoms with Crippen LogP contribution in [-0.4, -0.2) is 11.7 Å². The van der Waals surface area contributed by atoms with Crippen LogP contribution in [0.1, 0.15) is 57.8 Å². The van der Waals surface area contributed by atoms with Crippen LogP contribution in [0.4, 0.5) is 0 Å². The molecule has 3 aromatic rings. The van der Waals surface area contributed by atoms with Crippen molar-refractivity contribution >= 4 is 11.7 Å². The van der Waals surface area contributed by atoms with E-state index in [0.717, 1.165) is 24.8 Å². The van der Waals surface area contributed by atoms with E-state index in [0.29, 0.717) is 17.1 Å². The van der Waals surface area contributed by atoms with Crippen LogP contribution >= 0.6 is 0 Å². The molecule has 136 valence electrons. The average Bonchev–Trinajstić information content (AvgIpc) is 3.19. The zero-order valence-electron chi connectivity index (χ0n) is 15.2. The molecular weight excluding hydrogens is 338 g/mol. The Bertz CT molecular complexity index is 985. The van der Waals surface area contributed by atoms with Crippen molar-refractivity contribution in [3.63, 3.8) is 0 Å². The Balaban J connectivity index is 1.50. The summed E-state index contributed by atoms with van der Waals surface area (Å²) in [5, 5.41) is 3.10. The summed E-state index contributed by atoms with van der Waals surface area (Å²) < 4.78 is 5.76. The number of furan rings is 1. The van der Waals surface area contributed by atoms with E-state index in [9.17, 15) is 9.59 Å². The molecule has 0 spiro atoms. The number of Topliss-reactive ketones (excluding diaryl/α,β-unsaturated/α-hetero) is 1. The Morgan fingerprint density at radius 2 is 1.78 bits per heavy atom. The van der Waals surface area contributed by atoms with Crippen molar-refractivity contribution in [2.75, 3.05) is 0 Å². The van der Waals surface area contributed by atoms with E-state index in [1.165, 1.54) is 18.1 Å². The van der Waals surface area contributed by atoms with Crippen molar-refractivity contribution in [3.05, 3.63) is 83.1 Å². The van der Waals surface area contributed by atoms with Gasteiger partial charge in [0.15, 0.2) is 11.5 Å². The van der Waals surface area contributed by atoms with Crippen LogP contribution in [0.2, 0.25) is 0 Å². The molecule has 1 heterocycles. The standard InChI is InChI=1S/C23H21NO3/c1-15(25)16-9-11-18(12-10-16)21-13-14-22(27-21)23(26)24-20-8-4-6-17-5-2-3-7-19(17)20/h2-3,5,7,9-14,20H,4,6,8H2,1H3,(H,24,26)/t20-/m0/s1. The van der Waals surface area contributed by atoms with Crippen LogP contribution in [0.25, 0.3) is 11.3 Å². The lowest BCUT2D eigenvalue weighted by Crippen LogP contribution is -2.30. The minimum absolute atomic E-state index is 0.0193. The third-order valence-corrected chi connectivity index (χ3v) is 5.08. The normalized spacial score (nSPS) is 15.8. The average molecular weight is 359 g/mol. The van der Waals surface area contributed by atoms with E-state index >= 15 is 0 Å². The quantitative estimate of drug-likeness (QED) is 0.670. The molecule has 1 atom stereocenters. The summed E-state index contributed by atoms with van der Waals surface area (Å²) in [6, 6.07) is 18.9. The van der Waals surface area contributed by atoms with Crippen LogP contribution in [-0.2, 0) is 6.42 Å². The minimum atomic E-state index is -0.205. The number of nitrogens with one attached hydrogen (secondary N) is 1. The molecule has 1 aliphatic rings. The lowest BCUT2D eigenvalue weighted by Gasteiger charge is -2.25. The topological polar surface area (TPSA) is 59.3 Å². The number of hydrogen-bond acceptors (Lipinski definition) is 3. The van der Waals surface area contributed by atoms with Gasteiger partial charge in [-0.2, -0.15) is 0 Å². The minimum Gasteiger partial charge on any atom is -0.451 e.